The summed E-state index contributed by atoms with van der Waals surface area (Å²) >= 11 is 0. The van der Waals surface area contributed by atoms with Crippen molar-refractivity contribution in [2.75, 3.05) is 0 Å². The number of hydrogen-bond donors (Lipinski definition) is 2. The van der Waals surface area contributed by atoms with E-state index in [-0.39, 0.29) is 0 Å². The Bertz CT molecular complexity index is 299. The standard InChI is InChI=1S/C7H8N4O2/c12-7(13)10-11-9-5-6-1-3-8-4-2-6/h1-4H,5H2,(H,9,10)(H,12,13). The highest BCUT2D eigenvalue weighted by Crippen LogP contribution is 1.97. The van der Waals surface area contributed by atoms with Gasteiger partial charge in [0.1, 0.15) is 0 Å². The molecule has 1 aromatic rings. The summed E-state index contributed by atoms with van der Waals surface area (Å²) in [4.78, 5) is 13.8. The number of amides is 1. The summed E-state index contributed by atoms with van der Waals surface area (Å²) in [7, 11) is 0. The van der Waals surface area contributed by atoms with E-state index in [0.29, 0.717) is 6.54 Å². The van der Waals surface area contributed by atoms with Gasteiger partial charge >= 0.3 is 6.09 Å². The maximum Gasteiger partial charge on any atom is 0.426 e. The highest BCUT2D eigenvalue weighted by Gasteiger charge is 1.89. The minimum absolute atomic E-state index is 0.336. The van der Waals surface area contributed by atoms with E-state index in [4.69, 9.17) is 5.11 Å². The molecule has 0 saturated heterocycles. The van der Waals surface area contributed by atoms with E-state index in [1.807, 2.05) is 0 Å². The third-order valence-corrected chi connectivity index (χ3v) is 1.22. The van der Waals surface area contributed by atoms with Gasteiger partial charge in [-0.3, -0.25) is 4.98 Å². The molecule has 0 aliphatic heterocycles. The van der Waals surface area contributed by atoms with Gasteiger partial charge in [0.2, 0.25) is 0 Å². The summed E-state index contributed by atoms with van der Waals surface area (Å²) in [6.07, 6.45) is 2.05. The summed E-state index contributed by atoms with van der Waals surface area (Å²) in [6.45, 7) is 0.336. The van der Waals surface area contributed by atoms with Gasteiger partial charge in [-0.15, -0.1) is 0 Å². The number of nitrogens with zero attached hydrogens (tertiary/aromatic N) is 3. The smallest absolute Gasteiger partial charge is 0.426 e. The summed E-state index contributed by atoms with van der Waals surface area (Å²) in [5.74, 6) is 0. The van der Waals surface area contributed by atoms with Gasteiger partial charge in [-0.25, -0.2) is 4.79 Å². The van der Waals surface area contributed by atoms with Gasteiger partial charge in [-0.2, -0.15) is 10.5 Å². The van der Waals surface area contributed by atoms with Gasteiger partial charge in [-0.05, 0) is 17.7 Å². The molecule has 0 radical (unpaired) electrons. The first kappa shape index (κ1) is 9.11. The van der Waals surface area contributed by atoms with Crippen LogP contribution < -0.4 is 5.43 Å². The van der Waals surface area contributed by atoms with Crippen LogP contribution in [0, 0.1) is 0 Å². The van der Waals surface area contributed by atoms with Gasteiger partial charge in [0.05, 0.1) is 6.54 Å². The normalized spacial score (nSPS) is 10.2. The van der Waals surface area contributed by atoms with Crippen LogP contribution in [0.3, 0.4) is 0 Å². The maximum atomic E-state index is 9.94. The second kappa shape index (κ2) is 4.81. The summed E-state index contributed by atoms with van der Waals surface area (Å²) in [6, 6.07) is 3.56. The highest BCUT2D eigenvalue weighted by atomic mass is 16.4. The molecule has 2 N–H and O–H groups in total. The minimum Gasteiger partial charge on any atom is -0.464 e. The number of carboxylic acid groups (broad SMARTS) is 1. The molecule has 0 unspecified atom stereocenters. The van der Waals surface area contributed by atoms with E-state index >= 15 is 0 Å². The number of rotatable bonds is 3. The molecular weight excluding hydrogens is 172 g/mol. The Morgan fingerprint density at radius 3 is 2.85 bits per heavy atom. The van der Waals surface area contributed by atoms with Crippen molar-refractivity contribution in [1.82, 2.24) is 10.4 Å². The summed E-state index contributed by atoms with van der Waals surface area (Å²) < 4.78 is 0. The van der Waals surface area contributed by atoms with Crippen molar-refractivity contribution in [3.05, 3.63) is 30.1 Å². The zero-order valence-corrected chi connectivity index (χ0v) is 6.71. The van der Waals surface area contributed by atoms with Gasteiger partial charge in [0, 0.05) is 12.4 Å². The largest absolute Gasteiger partial charge is 0.464 e. The van der Waals surface area contributed by atoms with Gasteiger partial charge in [-0.1, -0.05) is 5.22 Å². The van der Waals surface area contributed by atoms with E-state index in [2.05, 4.69) is 15.3 Å². The van der Waals surface area contributed by atoms with Crippen LogP contribution in [0.2, 0.25) is 0 Å². The fourth-order valence-corrected chi connectivity index (χ4v) is 0.683. The molecule has 68 valence electrons. The third kappa shape index (κ3) is 3.80. The van der Waals surface area contributed by atoms with E-state index in [1.54, 1.807) is 30.0 Å². The lowest BCUT2D eigenvalue weighted by Crippen LogP contribution is -2.12. The first-order valence-electron chi connectivity index (χ1n) is 3.53. The van der Waals surface area contributed by atoms with Crippen molar-refractivity contribution in [3.63, 3.8) is 0 Å². The molecule has 1 heterocycles. The van der Waals surface area contributed by atoms with Crippen LogP contribution in [-0.2, 0) is 6.54 Å². The lowest BCUT2D eigenvalue weighted by molar-refractivity contribution is 0.194. The summed E-state index contributed by atoms with van der Waals surface area (Å²) in [5, 5.41) is 14.9. The molecule has 0 fully saturated rings. The lowest BCUT2D eigenvalue weighted by atomic mass is 10.3. The molecule has 0 spiro atoms. The molecule has 1 amide bonds. The van der Waals surface area contributed by atoms with Crippen molar-refractivity contribution in [2.45, 2.75) is 6.54 Å². The van der Waals surface area contributed by atoms with Crippen LogP contribution in [0.4, 0.5) is 4.79 Å². The Kier molecular flexibility index (Phi) is 3.37. The van der Waals surface area contributed by atoms with Crippen molar-refractivity contribution < 1.29 is 9.90 Å². The van der Waals surface area contributed by atoms with Gasteiger partial charge in [0.15, 0.2) is 0 Å². The fourth-order valence-electron chi connectivity index (χ4n) is 0.683. The zero-order chi connectivity index (χ0) is 9.52. The predicted molar refractivity (Wildman–Crippen MR) is 44.0 cm³/mol. The van der Waals surface area contributed by atoms with Crippen LogP contribution in [-0.4, -0.2) is 16.2 Å². The quantitative estimate of drug-likeness (QED) is 0.541. The Morgan fingerprint density at radius 1 is 1.54 bits per heavy atom. The molecule has 0 aliphatic carbocycles. The van der Waals surface area contributed by atoms with Crippen molar-refractivity contribution >= 4 is 6.09 Å². The van der Waals surface area contributed by atoms with Gasteiger partial charge in [0.25, 0.3) is 0 Å². The maximum absolute atomic E-state index is 9.94. The van der Waals surface area contributed by atoms with Crippen LogP contribution in [0.15, 0.2) is 34.9 Å². The first-order chi connectivity index (χ1) is 6.29. The van der Waals surface area contributed by atoms with E-state index in [1.165, 1.54) is 0 Å². The minimum atomic E-state index is -1.22. The highest BCUT2D eigenvalue weighted by molar-refractivity contribution is 5.63. The number of nitrogens with one attached hydrogen (secondary N) is 1. The Balaban J connectivity index is 2.35. The molecule has 0 aliphatic rings. The molecule has 0 atom stereocenters. The second-order valence-corrected chi connectivity index (χ2v) is 2.17. The summed E-state index contributed by atoms with van der Waals surface area (Å²) in [5.41, 5.74) is 2.70. The van der Waals surface area contributed by atoms with Crippen LogP contribution in [0.25, 0.3) is 0 Å². The monoisotopic (exact) mass is 180 g/mol. The van der Waals surface area contributed by atoms with E-state index < -0.39 is 6.09 Å². The molecule has 0 aromatic carbocycles. The second-order valence-electron chi connectivity index (χ2n) is 2.17. The fraction of sp³-hybridized carbons (Fsp3) is 0.143. The Labute approximate surface area is 74.3 Å². The molecule has 1 rings (SSSR count). The lowest BCUT2D eigenvalue weighted by Gasteiger charge is -1.92. The topological polar surface area (TPSA) is 86.9 Å². The van der Waals surface area contributed by atoms with Crippen LogP contribution in [0.5, 0.6) is 0 Å². The van der Waals surface area contributed by atoms with E-state index in [0.717, 1.165) is 5.56 Å². The van der Waals surface area contributed by atoms with Crippen molar-refractivity contribution in [3.8, 4) is 0 Å². The first-order valence-corrected chi connectivity index (χ1v) is 3.53. The van der Waals surface area contributed by atoms with E-state index in [9.17, 15) is 4.79 Å². The zero-order valence-electron chi connectivity index (χ0n) is 6.71. The van der Waals surface area contributed by atoms with Crippen LogP contribution >= 0.6 is 0 Å². The number of hydrogen-bond acceptors (Lipinski definition) is 4. The SMILES string of the molecule is O=C(O)NN=NCc1ccncc1. The number of aromatic nitrogens is 1. The van der Waals surface area contributed by atoms with Crippen LogP contribution in [0.1, 0.15) is 5.56 Å². The Hall–Kier alpha value is -1.98. The molecule has 1 aromatic heterocycles. The Morgan fingerprint density at radius 2 is 2.23 bits per heavy atom. The predicted octanol–water partition coefficient (Wildman–Crippen LogP) is 1.22. The molecular formula is C7H8N4O2. The van der Waals surface area contributed by atoms with Crippen molar-refractivity contribution in [2.24, 2.45) is 10.3 Å². The van der Waals surface area contributed by atoms with Gasteiger partial charge < -0.3 is 5.11 Å². The molecule has 13 heavy (non-hydrogen) atoms. The molecule has 6 nitrogen and oxygen atoms in total. The van der Waals surface area contributed by atoms with Crippen molar-refractivity contribution in [1.29, 1.82) is 0 Å². The third-order valence-electron chi connectivity index (χ3n) is 1.22. The molecule has 0 bridgehead atoms. The molecule has 6 heteroatoms. The number of pyridine rings is 1. The number of carbonyl (C=O) groups is 1. The average molecular weight is 180 g/mol. The molecule has 0 saturated carbocycles. The average Bonchev–Trinajstić information content (AvgIpc) is 2.14.